The van der Waals surface area contributed by atoms with Crippen LogP contribution in [0, 0.1) is 23.1 Å². The van der Waals surface area contributed by atoms with Crippen LogP contribution in [0.2, 0.25) is 0 Å². The molecule has 35 heavy (non-hydrogen) atoms. The van der Waals surface area contributed by atoms with E-state index in [1.54, 1.807) is 12.1 Å². The molecule has 6 rings (SSSR count). The normalized spacial score (nSPS) is 17.4. The molecule has 8 heteroatoms. The third kappa shape index (κ3) is 3.61. The first-order valence-electron chi connectivity index (χ1n) is 11.3. The minimum absolute atomic E-state index is 0.0142. The Balaban J connectivity index is 1.53. The van der Waals surface area contributed by atoms with Gasteiger partial charge in [0.1, 0.15) is 24.0 Å². The Labute approximate surface area is 200 Å². The fourth-order valence-electron chi connectivity index (χ4n) is 4.99. The number of H-pyrrole nitrogens is 1. The molecule has 0 amide bonds. The van der Waals surface area contributed by atoms with Crippen LogP contribution in [0.5, 0.6) is 5.75 Å². The topological polar surface area (TPSA) is 69.3 Å². The van der Waals surface area contributed by atoms with Gasteiger partial charge in [-0.25, -0.2) is 8.78 Å². The second-order valence-electron chi connectivity index (χ2n) is 8.94. The van der Waals surface area contributed by atoms with Crippen LogP contribution in [0.4, 0.5) is 8.78 Å². The number of ether oxygens (including phenoxy) is 1. The summed E-state index contributed by atoms with van der Waals surface area (Å²) in [6, 6.07) is 15.5. The van der Waals surface area contributed by atoms with Crippen molar-refractivity contribution in [1.82, 2.24) is 14.5 Å². The summed E-state index contributed by atoms with van der Waals surface area (Å²) in [5.74, 6) is -0.409. The van der Waals surface area contributed by atoms with E-state index in [4.69, 9.17) is 4.74 Å². The number of rotatable bonds is 2. The van der Waals surface area contributed by atoms with Crippen molar-refractivity contribution in [2.75, 3.05) is 20.1 Å². The van der Waals surface area contributed by atoms with Crippen molar-refractivity contribution in [3.8, 4) is 11.9 Å². The lowest BCUT2D eigenvalue weighted by molar-refractivity contribution is 0.140. The van der Waals surface area contributed by atoms with Crippen LogP contribution in [-0.2, 0) is 6.61 Å². The van der Waals surface area contributed by atoms with Crippen LogP contribution >= 0.6 is 0 Å². The Morgan fingerprint density at radius 3 is 2.77 bits per heavy atom. The first kappa shape index (κ1) is 21.3. The molecule has 0 bridgehead atoms. The maximum absolute atomic E-state index is 14.7. The first-order chi connectivity index (χ1) is 17.0. The molecular weight excluding hydrogens is 448 g/mol. The van der Waals surface area contributed by atoms with Crippen molar-refractivity contribution in [2.24, 2.45) is 4.99 Å². The third-order valence-corrected chi connectivity index (χ3v) is 6.65. The van der Waals surface area contributed by atoms with E-state index in [2.05, 4.69) is 26.5 Å². The molecule has 3 heterocycles. The largest absolute Gasteiger partial charge is 0.488 e. The number of benzene rings is 3. The minimum Gasteiger partial charge on any atom is -0.488 e. The average Bonchev–Trinajstić information content (AvgIpc) is 3.08. The number of imidazole rings is 1. The summed E-state index contributed by atoms with van der Waals surface area (Å²) in [5, 5.41) is 9.18. The van der Waals surface area contributed by atoms with Gasteiger partial charge in [0.05, 0.1) is 17.1 Å². The molecule has 0 aliphatic carbocycles. The number of halogens is 2. The average molecular weight is 469 g/mol. The summed E-state index contributed by atoms with van der Waals surface area (Å²) in [7, 11) is 2.05. The maximum Gasteiger partial charge on any atom is 0.219 e. The quantitative estimate of drug-likeness (QED) is 0.437. The molecule has 2 aliphatic rings. The van der Waals surface area contributed by atoms with Gasteiger partial charge in [-0.1, -0.05) is 18.2 Å². The highest BCUT2D eigenvalue weighted by Gasteiger charge is 2.27. The predicted octanol–water partition coefficient (Wildman–Crippen LogP) is 4.60. The van der Waals surface area contributed by atoms with Crippen LogP contribution in [0.1, 0.15) is 28.3 Å². The predicted molar refractivity (Wildman–Crippen MR) is 128 cm³/mol. The summed E-state index contributed by atoms with van der Waals surface area (Å²) >= 11 is 0. The zero-order valence-electron chi connectivity index (χ0n) is 18.9. The van der Waals surface area contributed by atoms with Gasteiger partial charge >= 0.3 is 0 Å². The molecule has 0 atom stereocenters. The van der Waals surface area contributed by atoms with Crippen molar-refractivity contribution in [2.45, 2.75) is 12.6 Å². The number of nitriles is 1. The smallest absolute Gasteiger partial charge is 0.219 e. The molecule has 0 unspecified atom stereocenters. The molecule has 1 saturated heterocycles. The molecule has 4 aromatic rings. The first-order valence-corrected chi connectivity index (χ1v) is 11.3. The molecule has 3 aromatic carbocycles. The molecule has 2 aliphatic heterocycles. The standard InChI is InChI=1S/C27H21F2N5O/c1-33-12-18(13-33)34-25-8-5-16(10-24(25)32-27(34)31-15-30)9-21-19-3-2-4-23(29)22(19)14-35-26-11-17(28)6-7-20(21)26/h2-11,18H,12-14H2,1H3,(H,31,32)/b21-9+. The van der Waals surface area contributed by atoms with E-state index in [-0.39, 0.29) is 18.5 Å². The zero-order valence-corrected chi connectivity index (χ0v) is 18.9. The number of hydrogen-bond acceptors (Lipinski definition) is 4. The number of likely N-dealkylation sites (tertiary alicyclic amines) is 1. The zero-order chi connectivity index (χ0) is 24.1. The Morgan fingerprint density at radius 1 is 1.11 bits per heavy atom. The Bertz CT molecular complexity index is 1620. The van der Waals surface area contributed by atoms with Crippen molar-refractivity contribution >= 4 is 22.7 Å². The minimum atomic E-state index is -0.415. The second-order valence-corrected chi connectivity index (χ2v) is 8.94. The number of nitrogens with zero attached hydrogens (tertiary/aromatic N) is 4. The lowest BCUT2D eigenvalue weighted by Gasteiger charge is -2.37. The fraction of sp³-hybridized carbons (Fsp3) is 0.185. The highest BCUT2D eigenvalue weighted by molar-refractivity contribution is 5.95. The highest BCUT2D eigenvalue weighted by atomic mass is 19.1. The maximum atomic E-state index is 14.7. The number of aromatic nitrogens is 2. The molecule has 174 valence electrons. The number of hydrogen-bond donors (Lipinski definition) is 1. The van der Waals surface area contributed by atoms with Gasteiger partial charge in [0.25, 0.3) is 0 Å². The molecule has 6 nitrogen and oxygen atoms in total. The van der Waals surface area contributed by atoms with Gasteiger partial charge in [-0.15, -0.1) is 4.99 Å². The molecule has 0 spiro atoms. The van der Waals surface area contributed by atoms with Gasteiger partial charge < -0.3 is 19.2 Å². The van der Waals surface area contributed by atoms with Crippen molar-refractivity contribution < 1.29 is 13.5 Å². The van der Waals surface area contributed by atoms with Crippen LogP contribution in [-0.4, -0.2) is 34.6 Å². The lowest BCUT2D eigenvalue weighted by Crippen LogP contribution is -2.47. The van der Waals surface area contributed by atoms with E-state index in [9.17, 15) is 14.0 Å². The van der Waals surface area contributed by atoms with Gasteiger partial charge in [-0.2, -0.15) is 5.26 Å². The van der Waals surface area contributed by atoms with Gasteiger partial charge in [-0.05, 0) is 60.2 Å². The molecule has 0 saturated carbocycles. The molecular formula is C27H21F2N5O. The number of likely N-dealkylation sites (N-methyl/N-ethyl adjacent to an activating group) is 1. The Morgan fingerprint density at radius 2 is 1.97 bits per heavy atom. The van der Waals surface area contributed by atoms with Gasteiger partial charge in [0.2, 0.25) is 11.8 Å². The molecule has 0 radical (unpaired) electrons. The van der Waals surface area contributed by atoms with E-state index in [0.29, 0.717) is 28.1 Å². The molecule has 1 N–H and O–H groups in total. The molecule has 1 aromatic heterocycles. The third-order valence-electron chi connectivity index (χ3n) is 6.65. The van der Waals surface area contributed by atoms with Crippen LogP contribution in [0.25, 0.3) is 22.7 Å². The summed E-state index contributed by atoms with van der Waals surface area (Å²) in [5.41, 5.74) is 5.74. The second kappa shape index (κ2) is 8.22. The van der Waals surface area contributed by atoms with Crippen molar-refractivity contribution in [3.05, 3.63) is 94.1 Å². The number of nitrogens with one attached hydrogen (secondary N) is 1. The van der Waals surface area contributed by atoms with Crippen LogP contribution in [0.3, 0.4) is 0 Å². The lowest BCUT2D eigenvalue weighted by atomic mass is 9.92. The van der Waals surface area contributed by atoms with Crippen molar-refractivity contribution in [1.29, 1.82) is 5.26 Å². The Hall–Kier alpha value is -4.22. The summed E-state index contributed by atoms with van der Waals surface area (Å²) < 4.78 is 36.5. The fourth-order valence-corrected chi connectivity index (χ4v) is 4.99. The SMILES string of the molecule is CN1CC(n2/c(=N/C#N)[nH]c3cc(/C=C4/c5ccc(F)cc5OCc5c(F)cccc54)ccc32)C1. The van der Waals surface area contributed by atoms with Crippen LogP contribution in [0.15, 0.2) is 59.6 Å². The van der Waals surface area contributed by atoms with E-state index in [1.807, 2.05) is 36.5 Å². The van der Waals surface area contributed by atoms with Crippen molar-refractivity contribution in [3.63, 3.8) is 0 Å². The molecule has 1 fully saturated rings. The number of fused-ring (bicyclic) bond motifs is 3. The monoisotopic (exact) mass is 469 g/mol. The van der Waals surface area contributed by atoms with Crippen LogP contribution < -0.4 is 10.4 Å². The highest BCUT2D eigenvalue weighted by Crippen LogP contribution is 2.39. The van der Waals surface area contributed by atoms with E-state index in [0.717, 1.165) is 35.3 Å². The van der Waals surface area contributed by atoms with Gasteiger partial charge in [0, 0.05) is 30.3 Å². The van der Waals surface area contributed by atoms with Gasteiger partial charge in [0.15, 0.2) is 0 Å². The number of aromatic amines is 1. The van der Waals surface area contributed by atoms with E-state index < -0.39 is 5.82 Å². The summed E-state index contributed by atoms with van der Waals surface area (Å²) in [6.45, 7) is 1.78. The van der Waals surface area contributed by atoms with E-state index in [1.165, 1.54) is 18.2 Å². The summed E-state index contributed by atoms with van der Waals surface area (Å²) in [6.07, 6.45) is 3.84. The summed E-state index contributed by atoms with van der Waals surface area (Å²) in [4.78, 5) is 9.46. The van der Waals surface area contributed by atoms with E-state index >= 15 is 0 Å². The Kier molecular flexibility index (Phi) is 5.01. The van der Waals surface area contributed by atoms with Gasteiger partial charge in [-0.3, -0.25) is 0 Å².